The fourth-order valence-corrected chi connectivity index (χ4v) is 3.54. The van der Waals surface area contributed by atoms with E-state index in [9.17, 15) is 9.59 Å². The molecule has 2 atom stereocenters. The number of carbonyl (C=O) groups excluding carboxylic acids is 1. The van der Waals surface area contributed by atoms with Gasteiger partial charge in [-0.15, -0.1) is 11.8 Å². The van der Waals surface area contributed by atoms with E-state index in [4.69, 9.17) is 20.1 Å². The topological polar surface area (TPSA) is 140 Å². The van der Waals surface area contributed by atoms with Crippen LogP contribution in [-0.4, -0.2) is 39.9 Å². The Kier molecular flexibility index (Phi) is 7.41. The van der Waals surface area contributed by atoms with Crippen molar-refractivity contribution in [3.05, 3.63) is 41.0 Å². The van der Waals surface area contributed by atoms with Crippen LogP contribution in [0.5, 0.6) is 5.75 Å². The van der Waals surface area contributed by atoms with E-state index in [-0.39, 0.29) is 23.8 Å². The van der Waals surface area contributed by atoms with E-state index >= 15 is 0 Å². The number of nitrogens with two attached hydrogens (primary N) is 1. The lowest BCUT2D eigenvalue weighted by molar-refractivity contribution is -0.126. The highest BCUT2D eigenvalue weighted by Crippen LogP contribution is 2.27. The lowest BCUT2D eigenvalue weighted by Crippen LogP contribution is -2.54. The Morgan fingerprint density at radius 1 is 1.64 bits per heavy atom. The predicted molar refractivity (Wildman–Crippen MR) is 108 cm³/mol. The largest absolute Gasteiger partial charge is 0.489 e. The van der Waals surface area contributed by atoms with Gasteiger partial charge in [-0.3, -0.25) is 10.5 Å². The van der Waals surface area contributed by atoms with Gasteiger partial charge >= 0.3 is 5.63 Å². The summed E-state index contributed by atoms with van der Waals surface area (Å²) in [5.74, 6) is 0.287. The molecule has 0 aromatic carbocycles. The molecule has 1 aromatic heterocycles. The van der Waals surface area contributed by atoms with Crippen LogP contribution in [0.4, 0.5) is 0 Å². The monoisotopic (exact) mass is 408 g/mol. The molecule has 28 heavy (non-hydrogen) atoms. The molecule has 0 bridgehead atoms. The zero-order valence-electron chi connectivity index (χ0n) is 15.8. The first-order chi connectivity index (χ1) is 13.3. The van der Waals surface area contributed by atoms with Crippen LogP contribution >= 0.6 is 11.8 Å². The Morgan fingerprint density at radius 3 is 3.04 bits per heavy atom. The smallest absolute Gasteiger partial charge is 0.339 e. The first-order valence-corrected chi connectivity index (χ1v) is 9.71. The molecule has 9 nitrogen and oxygen atoms in total. The summed E-state index contributed by atoms with van der Waals surface area (Å²) in [6.45, 7) is 7.31. The van der Waals surface area contributed by atoms with Crippen molar-refractivity contribution in [3.8, 4) is 5.75 Å². The van der Waals surface area contributed by atoms with Crippen molar-refractivity contribution in [2.75, 3.05) is 12.4 Å². The minimum atomic E-state index is -1.50. The molecule has 1 amide bonds. The van der Waals surface area contributed by atoms with Crippen molar-refractivity contribution in [2.45, 2.75) is 38.4 Å². The minimum Gasteiger partial charge on any atom is -0.489 e. The summed E-state index contributed by atoms with van der Waals surface area (Å²) in [5, 5.41) is 15.2. The molecule has 1 aromatic rings. The third-order valence-electron chi connectivity index (χ3n) is 3.94. The number of amides is 1. The standard InChI is InChI=1S/C18H24N4O5S/c1-4-6-13(14-8-12(26-7-5-2)9-15(23)27-14)20-17(24)18(19)10-28-16(21-18)11(3)22-25/h5,8-9,13,25H,2,4,6-7,10,19H2,1,3H3,(H,20,24)/b22-11+/t13-,18+/m1/s1. The number of ether oxygens (including phenoxy) is 1. The van der Waals surface area contributed by atoms with Crippen molar-refractivity contribution < 1.29 is 19.2 Å². The molecular formula is C18H24N4O5S. The molecule has 1 aliphatic heterocycles. The quantitative estimate of drug-likeness (QED) is 0.245. The second kappa shape index (κ2) is 9.56. The Balaban J connectivity index is 2.24. The maximum Gasteiger partial charge on any atom is 0.339 e. The number of nitrogens with one attached hydrogen (secondary N) is 1. The van der Waals surface area contributed by atoms with Gasteiger partial charge in [-0.1, -0.05) is 31.2 Å². The number of nitrogens with zero attached hydrogens (tertiary/aromatic N) is 2. The predicted octanol–water partition coefficient (Wildman–Crippen LogP) is 1.81. The summed E-state index contributed by atoms with van der Waals surface area (Å²) in [4.78, 5) is 28.9. The van der Waals surface area contributed by atoms with Crippen molar-refractivity contribution >= 4 is 28.4 Å². The molecule has 0 fully saturated rings. The summed E-state index contributed by atoms with van der Waals surface area (Å²) in [6, 6.07) is 2.22. The molecule has 152 valence electrons. The SMILES string of the molecule is C=CCOc1cc([C@@H](CCC)NC(=O)[C@]2(N)CSC(/C(C)=N/O)=N2)oc(=O)c1. The molecular weight excluding hydrogens is 384 g/mol. The number of aliphatic imine (C=N–C) groups is 1. The summed E-state index contributed by atoms with van der Waals surface area (Å²) >= 11 is 1.23. The molecule has 4 N–H and O–H groups in total. The van der Waals surface area contributed by atoms with Crippen LogP contribution in [0.2, 0.25) is 0 Å². The highest BCUT2D eigenvalue weighted by Gasteiger charge is 2.40. The van der Waals surface area contributed by atoms with E-state index in [0.717, 1.165) is 6.42 Å². The van der Waals surface area contributed by atoms with E-state index in [1.807, 2.05) is 6.92 Å². The van der Waals surface area contributed by atoms with Gasteiger partial charge in [-0.05, 0) is 13.3 Å². The molecule has 2 rings (SSSR count). The van der Waals surface area contributed by atoms with Gasteiger partial charge in [-0.2, -0.15) is 0 Å². The second-order valence-electron chi connectivity index (χ2n) is 6.24. The van der Waals surface area contributed by atoms with Gasteiger partial charge in [0.15, 0.2) is 5.66 Å². The van der Waals surface area contributed by atoms with Gasteiger partial charge in [0.05, 0.1) is 12.1 Å². The van der Waals surface area contributed by atoms with Crippen molar-refractivity contribution in [1.82, 2.24) is 5.32 Å². The fraction of sp³-hybridized carbons (Fsp3) is 0.444. The van der Waals surface area contributed by atoms with Crippen molar-refractivity contribution in [2.24, 2.45) is 15.9 Å². The molecule has 0 saturated heterocycles. The van der Waals surface area contributed by atoms with E-state index in [1.54, 1.807) is 19.1 Å². The van der Waals surface area contributed by atoms with Crippen LogP contribution in [0.3, 0.4) is 0 Å². The normalized spacial score (nSPS) is 20.4. The Hall–Kier alpha value is -2.59. The molecule has 1 aliphatic rings. The van der Waals surface area contributed by atoms with E-state index < -0.39 is 23.2 Å². The van der Waals surface area contributed by atoms with Gasteiger partial charge in [0, 0.05) is 11.8 Å². The van der Waals surface area contributed by atoms with Crippen LogP contribution < -0.4 is 21.4 Å². The maximum absolute atomic E-state index is 12.8. The maximum atomic E-state index is 12.8. The first-order valence-electron chi connectivity index (χ1n) is 8.73. The summed E-state index contributed by atoms with van der Waals surface area (Å²) in [5.41, 5.74) is 4.35. The molecule has 0 aliphatic carbocycles. The van der Waals surface area contributed by atoms with Crippen molar-refractivity contribution in [1.29, 1.82) is 0 Å². The van der Waals surface area contributed by atoms with Gasteiger partial charge in [0.2, 0.25) is 0 Å². The Labute approximate surface area is 166 Å². The number of oxime groups is 1. The molecule has 0 radical (unpaired) electrons. The zero-order valence-corrected chi connectivity index (χ0v) is 16.6. The molecule has 0 spiro atoms. The number of hydrogen-bond acceptors (Lipinski definition) is 9. The van der Waals surface area contributed by atoms with Gasteiger partial charge in [0.25, 0.3) is 5.91 Å². The molecule has 0 unspecified atom stereocenters. The average Bonchev–Trinajstić information content (AvgIpc) is 3.08. The number of carbonyl (C=O) groups is 1. The Bertz CT molecular complexity index is 851. The molecule has 2 heterocycles. The van der Waals surface area contributed by atoms with Gasteiger partial charge in [-0.25, -0.2) is 9.79 Å². The highest BCUT2D eigenvalue weighted by atomic mass is 32.2. The summed E-state index contributed by atoms with van der Waals surface area (Å²) in [6.07, 6.45) is 2.81. The second-order valence-corrected chi connectivity index (χ2v) is 7.21. The first kappa shape index (κ1) is 21.7. The minimum absolute atomic E-state index is 0.201. The van der Waals surface area contributed by atoms with E-state index in [0.29, 0.717) is 17.2 Å². The number of rotatable bonds is 9. The molecule has 0 saturated carbocycles. The number of thioether (sulfide) groups is 1. The zero-order chi connectivity index (χ0) is 20.7. The van der Waals surface area contributed by atoms with Gasteiger partial charge < -0.3 is 19.7 Å². The third-order valence-corrected chi connectivity index (χ3v) is 5.18. The van der Waals surface area contributed by atoms with Crippen LogP contribution in [0.1, 0.15) is 38.5 Å². The molecule has 10 heteroatoms. The van der Waals surface area contributed by atoms with Crippen molar-refractivity contribution in [3.63, 3.8) is 0 Å². The van der Waals surface area contributed by atoms with Crippen LogP contribution in [-0.2, 0) is 4.79 Å². The summed E-state index contributed by atoms with van der Waals surface area (Å²) < 4.78 is 10.7. The van der Waals surface area contributed by atoms with Crippen LogP contribution in [0.25, 0.3) is 0 Å². The summed E-state index contributed by atoms with van der Waals surface area (Å²) in [7, 11) is 0. The van der Waals surface area contributed by atoms with Crippen LogP contribution in [0.15, 0.2) is 44.1 Å². The lowest BCUT2D eigenvalue weighted by atomic mass is 10.1. The van der Waals surface area contributed by atoms with E-state index in [2.05, 4.69) is 22.0 Å². The van der Waals surface area contributed by atoms with E-state index in [1.165, 1.54) is 17.8 Å². The third kappa shape index (κ3) is 5.23. The fourth-order valence-electron chi connectivity index (χ4n) is 2.51. The highest BCUT2D eigenvalue weighted by molar-refractivity contribution is 8.16. The average molecular weight is 408 g/mol. The Morgan fingerprint density at radius 2 is 2.39 bits per heavy atom. The van der Waals surface area contributed by atoms with Crippen LogP contribution in [0, 0.1) is 0 Å². The van der Waals surface area contributed by atoms with Gasteiger partial charge in [0.1, 0.15) is 28.9 Å². The lowest BCUT2D eigenvalue weighted by Gasteiger charge is -2.24. The number of hydrogen-bond donors (Lipinski definition) is 3.